The van der Waals surface area contributed by atoms with Crippen molar-refractivity contribution in [3.63, 3.8) is 0 Å². The highest BCUT2D eigenvalue weighted by Gasteiger charge is 2.25. The van der Waals surface area contributed by atoms with Gasteiger partial charge < -0.3 is 14.8 Å². The molecule has 1 aromatic carbocycles. The van der Waals surface area contributed by atoms with Gasteiger partial charge in [-0.15, -0.1) is 0 Å². The van der Waals surface area contributed by atoms with E-state index in [1.54, 1.807) is 0 Å². The molecule has 3 rings (SSSR count). The second kappa shape index (κ2) is 6.67. The van der Waals surface area contributed by atoms with Crippen LogP contribution in [-0.2, 0) is 0 Å². The fourth-order valence-corrected chi connectivity index (χ4v) is 3.23. The Labute approximate surface area is 127 Å². The molecule has 4 heteroatoms. The van der Waals surface area contributed by atoms with Crippen molar-refractivity contribution in [2.45, 2.75) is 45.2 Å². The van der Waals surface area contributed by atoms with Crippen molar-refractivity contribution in [2.24, 2.45) is 0 Å². The molecule has 0 aliphatic carbocycles. The van der Waals surface area contributed by atoms with Gasteiger partial charge in [0.25, 0.3) is 0 Å². The minimum Gasteiger partial charge on any atom is -0.454 e. The summed E-state index contributed by atoms with van der Waals surface area (Å²) in [4.78, 5) is 2.60. The van der Waals surface area contributed by atoms with Gasteiger partial charge in [-0.1, -0.05) is 13.0 Å². The first-order chi connectivity index (χ1) is 10.3. The largest absolute Gasteiger partial charge is 0.454 e. The van der Waals surface area contributed by atoms with Crippen LogP contribution in [0.5, 0.6) is 11.5 Å². The lowest BCUT2D eigenvalue weighted by Gasteiger charge is -2.28. The van der Waals surface area contributed by atoms with E-state index in [1.165, 1.54) is 24.9 Å². The third-order valence-corrected chi connectivity index (χ3v) is 4.55. The second-order valence-corrected chi connectivity index (χ2v) is 6.11. The van der Waals surface area contributed by atoms with Gasteiger partial charge in [-0.2, -0.15) is 0 Å². The van der Waals surface area contributed by atoms with Crippen LogP contribution < -0.4 is 14.8 Å². The predicted molar refractivity (Wildman–Crippen MR) is 83.9 cm³/mol. The molecule has 4 nitrogen and oxygen atoms in total. The summed E-state index contributed by atoms with van der Waals surface area (Å²) in [6.45, 7) is 8.22. The molecule has 2 unspecified atom stereocenters. The molecule has 1 aromatic rings. The number of fused-ring (bicyclic) bond motifs is 1. The number of nitrogens with one attached hydrogen (secondary N) is 1. The summed E-state index contributed by atoms with van der Waals surface area (Å²) in [5.41, 5.74) is 1.30. The van der Waals surface area contributed by atoms with Crippen molar-refractivity contribution in [1.82, 2.24) is 10.2 Å². The predicted octanol–water partition coefficient (Wildman–Crippen LogP) is 2.94. The Kier molecular flexibility index (Phi) is 4.66. The van der Waals surface area contributed by atoms with Crippen LogP contribution >= 0.6 is 0 Å². The van der Waals surface area contributed by atoms with E-state index in [2.05, 4.69) is 36.2 Å². The average molecular weight is 290 g/mol. The lowest BCUT2D eigenvalue weighted by atomic mass is 10.0. The first kappa shape index (κ1) is 14.7. The number of hydrogen-bond donors (Lipinski definition) is 1. The minimum absolute atomic E-state index is 0.342. The highest BCUT2D eigenvalue weighted by Crippen LogP contribution is 2.34. The Hall–Kier alpha value is -1.26. The number of ether oxygens (including phenoxy) is 2. The van der Waals surface area contributed by atoms with Gasteiger partial charge in [-0.05, 0) is 57.0 Å². The second-order valence-electron chi connectivity index (χ2n) is 6.11. The maximum absolute atomic E-state index is 5.52. The minimum atomic E-state index is 0.342. The lowest BCUT2D eigenvalue weighted by molar-refractivity contribution is 0.174. The number of likely N-dealkylation sites (tertiary alicyclic amines) is 1. The SMILES string of the molecule is CCCNC(CN1CCCC1C)c1ccc2c(c1)OCO2. The maximum atomic E-state index is 5.52. The van der Waals surface area contributed by atoms with Gasteiger partial charge in [0.2, 0.25) is 6.79 Å². The first-order valence-electron chi connectivity index (χ1n) is 8.15. The molecule has 2 heterocycles. The van der Waals surface area contributed by atoms with Crippen LogP contribution in [0, 0.1) is 0 Å². The summed E-state index contributed by atoms with van der Waals surface area (Å²) in [5.74, 6) is 1.74. The molecule has 2 atom stereocenters. The molecule has 21 heavy (non-hydrogen) atoms. The van der Waals surface area contributed by atoms with Gasteiger partial charge in [-0.3, -0.25) is 4.90 Å². The number of nitrogens with zero attached hydrogens (tertiary/aromatic N) is 1. The summed E-state index contributed by atoms with van der Waals surface area (Å²) >= 11 is 0. The van der Waals surface area contributed by atoms with Crippen LogP contribution in [0.1, 0.15) is 44.7 Å². The Morgan fingerprint density at radius 3 is 2.95 bits per heavy atom. The quantitative estimate of drug-likeness (QED) is 0.873. The normalized spacial score (nSPS) is 22.7. The van der Waals surface area contributed by atoms with E-state index >= 15 is 0 Å². The summed E-state index contributed by atoms with van der Waals surface area (Å²) in [5, 5.41) is 3.69. The van der Waals surface area contributed by atoms with Gasteiger partial charge in [-0.25, -0.2) is 0 Å². The first-order valence-corrected chi connectivity index (χ1v) is 8.15. The summed E-state index contributed by atoms with van der Waals surface area (Å²) in [6.07, 6.45) is 3.79. The molecule has 116 valence electrons. The summed E-state index contributed by atoms with van der Waals surface area (Å²) in [7, 11) is 0. The molecule has 0 aromatic heterocycles. The molecule has 2 aliphatic heterocycles. The van der Waals surface area contributed by atoms with E-state index in [9.17, 15) is 0 Å². The fourth-order valence-electron chi connectivity index (χ4n) is 3.23. The molecule has 0 amide bonds. The van der Waals surface area contributed by atoms with Gasteiger partial charge in [0.1, 0.15) is 0 Å². The Bertz CT molecular complexity index is 478. The van der Waals surface area contributed by atoms with E-state index in [0.717, 1.165) is 31.0 Å². The molecule has 1 fully saturated rings. The topological polar surface area (TPSA) is 33.7 Å². The molecular formula is C17H26N2O2. The van der Waals surface area contributed by atoms with E-state index in [0.29, 0.717) is 18.9 Å². The highest BCUT2D eigenvalue weighted by molar-refractivity contribution is 5.45. The third-order valence-electron chi connectivity index (χ3n) is 4.55. The zero-order valence-corrected chi connectivity index (χ0v) is 13.1. The lowest BCUT2D eigenvalue weighted by Crippen LogP contribution is -2.37. The van der Waals surface area contributed by atoms with Gasteiger partial charge in [0.15, 0.2) is 11.5 Å². The van der Waals surface area contributed by atoms with Crippen molar-refractivity contribution in [1.29, 1.82) is 0 Å². The molecule has 0 saturated carbocycles. The van der Waals surface area contributed by atoms with Crippen molar-refractivity contribution in [2.75, 3.05) is 26.4 Å². The van der Waals surface area contributed by atoms with Crippen molar-refractivity contribution in [3.05, 3.63) is 23.8 Å². The van der Waals surface area contributed by atoms with Crippen LogP contribution in [0.4, 0.5) is 0 Å². The molecule has 0 bridgehead atoms. The van der Waals surface area contributed by atoms with E-state index in [-0.39, 0.29) is 0 Å². The number of benzene rings is 1. The van der Waals surface area contributed by atoms with Gasteiger partial charge in [0, 0.05) is 18.6 Å². The van der Waals surface area contributed by atoms with Crippen LogP contribution in [0.2, 0.25) is 0 Å². The number of rotatable bonds is 6. The highest BCUT2D eigenvalue weighted by atomic mass is 16.7. The third kappa shape index (κ3) is 3.33. The summed E-state index contributed by atoms with van der Waals surface area (Å²) in [6, 6.07) is 7.40. The zero-order chi connectivity index (χ0) is 14.7. The van der Waals surface area contributed by atoms with Gasteiger partial charge >= 0.3 is 0 Å². The molecule has 2 aliphatic rings. The van der Waals surface area contributed by atoms with Crippen LogP contribution in [0.25, 0.3) is 0 Å². The van der Waals surface area contributed by atoms with E-state index in [4.69, 9.17) is 9.47 Å². The zero-order valence-electron chi connectivity index (χ0n) is 13.1. The Morgan fingerprint density at radius 1 is 1.33 bits per heavy atom. The average Bonchev–Trinajstić information content (AvgIpc) is 3.11. The standard InChI is InChI=1S/C17H26N2O2/c1-3-8-18-15(11-19-9-4-5-13(19)2)14-6-7-16-17(10-14)21-12-20-16/h6-7,10,13,15,18H,3-5,8-9,11-12H2,1-2H3. The smallest absolute Gasteiger partial charge is 0.231 e. The van der Waals surface area contributed by atoms with E-state index < -0.39 is 0 Å². The van der Waals surface area contributed by atoms with Crippen molar-refractivity contribution in [3.8, 4) is 11.5 Å². The van der Waals surface area contributed by atoms with Crippen LogP contribution in [-0.4, -0.2) is 37.4 Å². The monoisotopic (exact) mass is 290 g/mol. The molecule has 1 N–H and O–H groups in total. The maximum Gasteiger partial charge on any atom is 0.231 e. The Morgan fingerprint density at radius 2 is 2.19 bits per heavy atom. The molecule has 0 spiro atoms. The summed E-state index contributed by atoms with van der Waals surface area (Å²) < 4.78 is 10.9. The van der Waals surface area contributed by atoms with E-state index in [1.807, 2.05) is 6.07 Å². The molecular weight excluding hydrogens is 264 g/mol. The molecule has 1 saturated heterocycles. The Balaban J connectivity index is 1.74. The number of hydrogen-bond acceptors (Lipinski definition) is 4. The van der Waals surface area contributed by atoms with Crippen molar-refractivity contribution >= 4 is 0 Å². The fraction of sp³-hybridized carbons (Fsp3) is 0.647. The van der Waals surface area contributed by atoms with Crippen LogP contribution in [0.3, 0.4) is 0 Å². The van der Waals surface area contributed by atoms with Crippen LogP contribution in [0.15, 0.2) is 18.2 Å². The van der Waals surface area contributed by atoms with Crippen molar-refractivity contribution < 1.29 is 9.47 Å². The van der Waals surface area contributed by atoms with Gasteiger partial charge in [0.05, 0.1) is 0 Å². The molecule has 0 radical (unpaired) electrons.